The zero-order valence-electron chi connectivity index (χ0n) is 12.4. The van der Waals surface area contributed by atoms with Crippen LogP contribution in [-0.2, 0) is 17.9 Å². The Kier molecular flexibility index (Phi) is 6.97. The Balaban J connectivity index is 2.60. The molecule has 1 atom stereocenters. The molecule has 0 heterocycles. The zero-order chi connectivity index (χ0) is 14.1. The standard InChI is InChI=1S/C15H25N3O/c1-5-12(2)18-15(16-3)17-10-13-8-6-7-9-14(13)11-19-4/h6-9,12H,5,10-11H2,1-4H3,(H2,16,17,18). The second kappa shape index (κ2) is 8.53. The molecule has 1 rings (SSSR count). The van der Waals surface area contributed by atoms with Gasteiger partial charge in [0.1, 0.15) is 0 Å². The van der Waals surface area contributed by atoms with Gasteiger partial charge in [-0.1, -0.05) is 31.2 Å². The molecule has 4 nitrogen and oxygen atoms in total. The largest absolute Gasteiger partial charge is 0.380 e. The van der Waals surface area contributed by atoms with Crippen molar-refractivity contribution in [3.05, 3.63) is 35.4 Å². The molecule has 0 aromatic heterocycles. The van der Waals surface area contributed by atoms with Gasteiger partial charge in [0, 0.05) is 26.7 Å². The fourth-order valence-corrected chi connectivity index (χ4v) is 1.74. The quantitative estimate of drug-likeness (QED) is 0.611. The maximum absolute atomic E-state index is 5.21. The normalized spacial score (nSPS) is 13.2. The molecule has 0 amide bonds. The minimum Gasteiger partial charge on any atom is -0.380 e. The summed E-state index contributed by atoms with van der Waals surface area (Å²) in [7, 11) is 3.51. The van der Waals surface area contributed by atoms with Gasteiger partial charge in [0.25, 0.3) is 0 Å². The van der Waals surface area contributed by atoms with Gasteiger partial charge in [0.05, 0.1) is 6.61 Å². The summed E-state index contributed by atoms with van der Waals surface area (Å²) in [4.78, 5) is 4.23. The average molecular weight is 263 g/mol. The number of benzene rings is 1. The molecule has 2 N–H and O–H groups in total. The van der Waals surface area contributed by atoms with Crippen LogP contribution in [0.4, 0.5) is 0 Å². The van der Waals surface area contributed by atoms with E-state index >= 15 is 0 Å². The number of rotatable bonds is 6. The Bertz CT molecular complexity index is 404. The van der Waals surface area contributed by atoms with Crippen molar-refractivity contribution in [2.45, 2.75) is 39.5 Å². The third kappa shape index (κ3) is 5.30. The minimum absolute atomic E-state index is 0.417. The highest BCUT2D eigenvalue weighted by Crippen LogP contribution is 2.09. The predicted molar refractivity (Wildman–Crippen MR) is 80.2 cm³/mol. The molecule has 0 saturated carbocycles. The van der Waals surface area contributed by atoms with Crippen LogP contribution in [0.1, 0.15) is 31.4 Å². The number of nitrogens with one attached hydrogen (secondary N) is 2. The van der Waals surface area contributed by atoms with Crippen LogP contribution in [0.15, 0.2) is 29.3 Å². The van der Waals surface area contributed by atoms with Crippen LogP contribution in [0.3, 0.4) is 0 Å². The Morgan fingerprint density at radius 3 is 2.58 bits per heavy atom. The molecule has 0 aliphatic carbocycles. The molecule has 0 bridgehead atoms. The molecule has 19 heavy (non-hydrogen) atoms. The maximum Gasteiger partial charge on any atom is 0.191 e. The second-order valence-corrected chi connectivity index (χ2v) is 4.58. The monoisotopic (exact) mass is 263 g/mol. The van der Waals surface area contributed by atoms with Crippen molar-refractivity contribution >= 4 is 5.96 Å². The summed E-state index contributed by atoms with van der Waals surface area (Å²) in [5.74, 6) is 0.835. The van der Waals surface area contributed by atoms with Crippen molar-refractivity contribution in [1.29, 1.82) is 0 Å². The molecular weight excluding hydrogens is 238 g/mol. The topological polar surface area (TPSA) is 45.7 Å². The fourth-order valence-electron chi connectivity index (χ4n) is 1.74. The van der Waals surface area contributed by atoms with Crippen LogP contribution in [0.5, 0.6) is 0 Å². The van der Waals surface area contributed by atoms with Gasteiger partial charge in [0.2, 0.25) is 0 Å². The molecule has 0 spiro atoms. The molecule has 106 valence electrons. The van der Waals surface area contributed by atoms with E-state index in [0.717, 1.165) is 18.9 Å². The van der Waals surface area contributed by atoms with Crippen LogP contribution in [-0.4, -0.2) is 26.2 Å². The first-order chi connectivity index (χ1) is 9.21. The molecule has 1 unspecified atom stereocenters. The minimum atomic E-state index is 0.417. The number of aliphatic imine (C=N–C) groups is 1. The molecule has 0 aliphatic heterocycles. The third-order valence-electron chi connectivity index (χ3n) is 3.08. The number of hydrogen-bond acceptors (Lipinski definition) is 2. The first-order valence-electron chi connectivity index (χ1n) is 6.74. The highest BCUT2D eigenvalue weighted by Gasteiger charge is 2.05. The Morgan fingerprint density at radius 2 is 2.00 bits per heavy atom. The lowest BCUT2D eigenvalue weighted by atomic mass is 10.1. The van der Waals surface area contributed by atoms with Crippen molar-refractivity contribution in [3.8, 4) is 0 Å². The van der Waals surface area contributed by atoms with E-state index in [1.54, 1.807) is 14.2 Å². The molecule has 1 aromatic carbocycles. The van der Waals surface area contributed by atoms with Crippen molar-refractivity contribution in [1.82, 2.24) is 10.6 Å². The van der Waals surface area contributed by atoms with Gasteiger partial charge in [-0.2, -0.15) is 0 Å². The fraction of sp³-hybridized carbons (Fsp3) is 0.533. The summed E-state index contributed by atoms with van der Waals surface area (Å²) in [6, 6.07) is 8.69. The SMILES string of the molecule is CCC(C)NC(=NC)NCc1ccccc1COC. The van der Waals surface area contributed by atoms with Crippen LogP contribution < -0.4 is 10.6 Å². The van der Waals surface area contributed by atoms with Crippen LogP contribution in [0, 0.1) is 0 Å². The summed E-state index contributed by atoms with van der Waals surface area (Å²) < 4.78 is 5.21. The smallest absolute Gasteiger partial charge is 0.191 e. The number of guanidine groups is 1. The van der Waals surface area contributed by atoms with E-state index in [1.807, 2.05) is 12.1 Å². The van der Waals surface area contributed by atoms with Crippen molar-refractivity contribution in [2.75, 3.05) is 14.2 Å². The Labute approximate surface area is 116 Å². The number of ether oxygens (including phenoxy) is 1. The summed E-state index contributed by atoms with van der Waals surface area (Å²) in [5, 5.41) is 6.68. The molecule has 4 heteroatoms. The molecule has 1 aromatic rings. The van der Waals surface area contributed by atoms with Gasteiger partial charge in [-0.05, 0) is 24.5 Å². The predicted octanol–water partition coefficient (Wildman–Crippen LogP) is 2.30. The molecule has 0 radical (unpaired) electrons. The van der Waals surface area contributed by atoms with Crippen molar-refractivity contribution < 1.29 is 4.74 Å². The van der Waals surface area contributed by atoms with Gasteiger partial charge < -0.3 is 15.4 Å². The lowest BCUT2D eigenvalue weighted by Crippen LogP contribution is -2.41. The first kappa shape index (κ1) is 15.5. The highest BCUT2D eigenvalue weighted by atomic mass is 16.5. The van der Waals surface area contributed by atoms with E-state index in [9.17, 15) is 0 Å². The maximum atomic E-state index is 5.21. The van der Waals surface area contributed by atoms with Crippen LogP contribution in [0.25, 0.3) is 0 Å². The van der Waals surface area contributed by atoms with Gasteiger partial charge >= 0.3 is 0 Å². The molecular formula is C15H25N3O. The van der Waals surface area contributed by atoms with E-state index in [4.69, 9.17) is 4.74 Å². The number of methoxy groups -OCH3 is 1. The van der Waals surface area contributed by atoms with E-state index in [2.05, 4.69) is 41.6 Å². The van der Waals surface area contributed by atoms with Crippen LogP contribution >= 0.6 is 0 Å². The number of hydrogen-bond donors (Lipinski definition) is 2. The number of nitrogens with zero attached hydrogens (tertiary/aromatic N) is 1. The van der Waals surface area contributed by atoms with E-state index in [-0.39, 0.29) is 0 Å². The van der Waals surface area contributed by atoms with Gasteiger partial charge in [0.15, 0.2) is 5.96 Å². The molecule has 0 saturated heterocycles. The first-order valence-corrected chi connectivity index (χ1v) is 6.74. The highest BCUT2D eigenvalue weighted by molar-refractivity contribution is 5.79. The lowest BCUT2D eigenvalue weighted by molar-refractivity contribution is 0.184. The van der Waals surface area contributed by atoms with Gasteiger partial charge in [-0.3, -0.25) is 4.99 Å². The van der Waals surface area contributed by atoms with E-state index in [1.165, 1.54) is 11.1 Å². The summed E-state index contributed by atoms with van der Waals surface area (Å²) in [5.41, 5.74) is 2.44. The third-order valence-corrected chi connectivity index (χ3v) is 3.08. The summed E-state index contributed by atoms with van der Waals surface area (Å²) in [6.07, 6.45) is 1.07. The van der Waals surface area contributed by atoms with E-state index in [0.29, 0.717) is 12.6 Å². The Hall–Kier alpha value is -1.55. The van der Waals surface area contributed by atoms with Crippen molar-refractivity contribution in [3.63, 3.8) is 0 Å². The summed E-state index contributed by atoms with van der Waals surface area (Å²) in [6.45, 7) is 5.68. The average Bonchev–Trinajstić information content (AvgIpc) is 2.44. The van der Waals surface area contributed by atoms with Gasteiger partial charge in [-0.25, -0.2) is 0 Å². The Morgan fingerprint density at radius 1 is 1.32 bits per heavy atom. The van der Waals surface area contributed by atoms with Crippen molar-refractivity contribution in [2.24, 2.45) is 4.99 Å². The van der Waals surface area contributed by atoms with Crippen LogP contribution in [0.2, 0.25) is 0 Å². The summed E-state index contributed by atoms with van der Waals surface area (Å²) >= 11 is 0. The lowest BCUT2D eigenvalue weighted by Gasteiger charge is -2.17. The molecule has 0 aliphatic rings. The molecule has 0 fully saturated rings. The second-order valence-electron chi connectivity index (χ2n) is 4.58. The van der Waals surface area contributed by atoms with E-state index < -0.39 is 0 Å². The van der Waals surface area contributed by atoms with Gasteiger partial charge in [-0.15, -0.1) is 0 Å². The zero-order valence-corrected chi connectivity index (χ0v) is 12.4.